The molecule has 0 saturated heterocycles. The molecule has 3 N–H and O–H groups in total. The molecule has 0 unspecified atom stereocenters. The lowest BCUT2D eigenvalue weighted by atomic mass is 10.2. The van der Waals surface area contributed by atoms with Crippen LogP contribution in [0.25, 0.3) is 16.7 Å². The van der Waals surface area contributed by atoms with Gasteiger partial charge in [0, 0.05) is 12.1 Å². The van der Waals surface area contributed by atoms with E-state index in [9.17, 15) is 14.0 Å². The number of anilines is 2. The summed E-state index contributed by atoms with van der Waals surface area (Å²) in [4.78, 5) is 16.3. The Hall–Kier alpha value is -4.13. The number of rotatable bonds is 4. The number of pyridine rings is 1. The Balaban J connectivity index is 1.87. The summed E-state index contributed by atoms with van der Waals surface area (Å²) in [7, 11) is 0. The third-order valence-electron chi connectivity index (χ3n) is 4.32. The van der Waals surface area contributed by atoms with E-state index in [-0.39, 0.29) is 17.2 Å². The first-order valence-electron chi connectivity index (χ1n) is 8.54. The highest BCUT2D eigenvalue weighted by atomic mass is 19.1. The molecule has 0 fully saturated rings. The van der Waals surface area contributed by atoms with Gasteiger partial charge in [-0.15, -0.1) is 0 Å². The molecule has 3 heterocycles. The molecule has 0 aliphatic rings. The van der Waals surface area contributed by atoms with E-state index in [0.717, 1.165) is 6.20 Å². The molecule has 4 rings (SSSR count). The second-order valence-electron chi connectivity index (χ2n) is 6.26. The van der Waals surface area contributed by atoms with Gasteiger partial charge in [-0.2, -0.15) is 5.26 Å². The topological polar surface area (TPSA) is 118 Å². The number of halogens is 2. The molecule has 1 aromatic carbocycles. The third-order valence-corrected chi connectivity index (χ3v) is 4.32. The highest BCUT2D eigenvalue weighted by Gasteiger charge is 2.21. The Bertz CT molecular complexity index is 1260. The van der Waals surface area contributed by atoms with Crippen molar-refractivity contribution in [3.63, 3.8) is 0 Å². The fraction of sp³-hybridized carbons (Fsp3) is 0.105. The van der Waals surface area contributed by atoms with E-state index in [1.54, 1.807) is 11.5 Å². The van der Waals surface area contributed by atoms with Crippen LogP contribution < -0.4 is 11.1 Å². The summed E-state index contributed by atoms with van der Waals surface area (Å²) in [5, 5.41) is 12.4. The van der Waals surface area contributed by atoms with Gasteiger partial charge >= 0.3 is 0 Å². The van der Waals surface area contributed by atoms with Crippen LogP contribution in [0, 0.1) is 23.0 Å². The van der Waals surface area contributed by atoms with Gasteiger partial charge in [-0.05, 0) is 19.1 Å². The van der Waals surface area contributed by atoms with Crippen molar-refractivity contribution in [2.75, 3.05) is 11.1 Å². The molecule has 1 atom stereocenters. The molecule has 0 saturated carbocycles. The van der Waals surface area contributed by atoms with Crippen molar-refractivity contribution in [1.82, 2.24) is 24.5 Å². The number of hydrogen-bond donors (Lipinski definition) is 2. The highest BCUT2D eigenvalue weighted by molar-refractivity contribution is 5.78. The zero-order valence-electron chi connectivity index (χ0n) is 15.1. The van der Waals surface area contributed by atoms with Crippen molar-refractivity contribution >= 4 is 22.7 Å². The van der Waals surface area contributed by atoms with Crippen molar-refractivity contribution in [2.45, 2.75) is 13.0 Å². The van der Waals surface area contributed by atoms with Gasteiger partial charge in [0.15, 0.2) is 0 Å². The SMILES string of the molecule is C[C@H](Nc1ncnc(N)c1C#N)c1nc2ccc(F)cc2n1-c1cncc(F)c1. The standard InChI is InChI=1S/C19H14F2N8/c1-10(27-18-14(6-22)17(23)25-9-26-18)19-28-15-3-2-11(20)5-16(15)29(19)13-4-12(21)7-24-8-13/h2-5,7-10H,1H3,(H3,23,25,26,27)/t10-/m0/s1. The Labute approximate surface area is 163 Å². The molecular weight excluding hydrogens is 378 g/mol. The molecule has 0 aliphatic carbocycles. The second kappa shape index (κ2) is 7.12. The number of nitriles is 1. The van der Waals surface area contributed by atoms with Crippen LogP contribution in [0.4, 0.5) is 20.4 Å². The highest BCUT2D eigenvalue weighted by Crippen LogP contribution is 2.28. The van der Waals surface area contributed by atoms with Crippen LogP contribution in [-0.4, -0.2) is 24.5 Å². The summed E-state index contributed by atoms with van der Waals surface area (Å²) in [6.45, 7) is 1.78. The molecule has 29 heavy (non-hydrogen) atoms. The predicted molar refractivity (Wildman–Crippen MR) is 102 cm³/mol. The second-order valence-corrected chi connectivity index (χ2v) is 6.26. The van der Waals surface area contributed by atoms with Gasteiger partial charge < -0.3 is 11.1 Å². The summed E-state index contributed by atoms with van der Waals surface area (Å²) in [5.74, 6) is -0.274. The molecule has 10 heteroatoms. The van der Waals surface area contributed by atoms with E-state index >= 15 is 0 Å². The molecule has 4 aromatic rings. The van der Waals surface area contributed by atoms with Crippen LogP contribution in [0.3, 0.4) is 0 Å². The molecule has 0 amide bonds. The first kappa shape index (κ1) is 18.2. The van der Waals surface area contributed by atoms with E-state index in [4.69, 9.17) is 5.73 Å². The number of aromatic nitrogens is 5. The summed E-state index contributed by atoms with van der Waals surface area (Å²) in [5.41, 5.74) is 7.18. The normalized spacial score (nSPS) is 11.9. The van der Waals surface area contributed by atoms with Crippen LogP contribution in [0.5, 0.6) is 0 Å². The number of nitrogens with two attached hydrogens (primary N) is 1. The minimum absolute atomic E-state index is 0.0436. The molecule has 0 radical (unpaired) electrons. The van der Waals surface area contributed by atoms with Gasteiger partial charge in [-0.3, -0.25) is 9.55 Å². The van der Waals surface area contributed by atoms with Crippen LogP contribution in [0.2, 0.25) is 0 Å². The Morgan fingerprint density at radius 2 is 2.00 bits per heavy atom. The molecule has 144 valence electrons. The van der Waals surface area contributed by atoms with Gasteiger partial charge in [-0.25, -0.2) is 23.7 Å². The molecule has 0 aliphatic heterocycles. The van der Waals surface area contributed by atoms with Crippen molar-refractivity contribution in [2.24, 2.45) is 0 Å². The van der Waals surface area contributed by atoms with Crippen LogP contribution in [0.15, 0.2) is 43.0 Å². The smallest absolute Gasteiger partial charge is 0.150 e. The Morgan fingerprint density at radius 1 is 1.17 bits per heavy atom. The maximum atomic E-state index is 13.9. The fourth-order valence-corrected chi connectivity index (χ4v) is 3.04. The van der Waals surface area contributed by atoms with Crippen molar-refractivity contribution in [3.05, 3.63) is 66.0 Å². The molecular formula is C19H14F2N8. The molecule has 0 spiro atoms. The van der Waals surface area contributed by atoms with Crippen LogP contribution in [0.1, 0.15) is 24.4 Å². The lowest BCUT2D eigenvalue weighted by Gasteiger charge is -2.17. The minimum atomic E-state index is -0.539. The van der Waals surface area contributed by atoms with Crippen molar-refractivity contribution in [1.29, 1.82) is 5.26 Å². The first-order chi connectivity index (χ1) is 14.0. The quantitative estimate of drug-likeness (QED) is 0.548. The number of imidazole rings is 1. The number of fused-ring (bicyclic) bond motifs is 1. The minimum Gasteiger partial charge on any atom is -0.382 e. The number of nitrogens with one attached hydrogen (secondary N) is 1. The zero-order chi connectivity index (χ0) is 20.5. The van der Waals surface area contributed by atoms with Crippen molar-refractivity contribution in [3.8, 4) is 11.8 Å². The first-order valence-corrected chi connectivity index (χ1v) is 8.54. The molecule has 3 aromatic heterocycles. The van der Waals surface area contributed by atoms with Crippen LogP contribution in [-0.2, 0) is 0 Å². The summed E-state index contributed by atoms with van der Waals surface area (Å²) in [6, 6.07) is 6.87. The van der Waals surface area contributed by atoms with Gasteiger partial charge in [0.05, 0.1) is 35.2 Å². The lowest BCUT2D eigenvalue weighted by Crippen LogP contribution is -2.15. The largest absolute Gasteiger partial charge is 0.382 e. The number of benzene rings is 1. The maximum absolute atomic E-state index is 13.9. The average molecular weight is 392 g/mol. The molecule has 0 bridgehead atoms. The van der Waals surface area contributed by atoms with E-state index in [2.05, 4.69) is 25.3 Å². The van der Waals surface area contributed by atoms with Gasteiger partial charge in [-0.1, -0.05) is 0 Å². The van der Waals surface area contributed by atoms with E-state index in [0.29, 0.717) is 22.5 Å². The Morgan fingerprint density at radius 3 is 2.76 bits per heavy atom. The number of nitrogen functional groups attached to an aromatic ring is 1. The van der Waals surface area contributed by atoms with Gasteiger partial charge in [0.25, 0.3) is 0 Å². The third kappa shape index (κ3) is 3.29. The monoisotopic (exact) mass is 392 g/mol. The van der Waals surface area contributed by atoms with Gasteiger partial charge in [0.2, 0.25) is 0 Å². The number of hydrogen-bond acceptors (Lipinski definition) is 7. The lowest BCUT2D eigenvalue weighted by molar-refractivity contribution is 0.619. The zero-order valence-corrected chi connectivity index (χ0v) is 15.1. The summed E-state index contributed by atoms with van der Waals surface area (Å²) >= 11 is 0. The van der Waals surface area contributed by atoms with Crippen molar-refractivity contribution < 1.29 is 8.78 Å². The van der Waals surface area contributed by atoms with Crippen LogP contribution >= 0.6 is 0 Å². The van der Waals surface area contributed by atoms with Gasteiger partial charge in [0.1, 0.15) is 47.1 Å². The molecule has 8 nitrogen and oxygen atoms in total. The van der Waals surface area contributed by atoms with E-state index in [1.165, 1.54) is 36.8 Å². The Kier molecular flexibility index (Phi) is 4.48. The fourth-order valence-electron chi connectivity index (χ4n) is 3.04. The maximum Gasteiger partial charge on any atom is 0.150 e. The predicted octanol–water partition coefficient (Wildman–Crippen LogP) is 3.12. The average Bonchev–Trinajstić information content (AvgIpc) is 3.07. The van der Waals surface area contributed by atoms with E-state index in [1.807, 2.05) is 6.07 Å². The summed E-state index contributed by atoms with van der Waals surface area (Å²) < 4.78 is 29.3. The summed E-state index contributed by atoms with van der Waals surface area (Å²) in [6.07, 6.45) is 3.77. The number of nitrogens with zero attached hydrogens (tertiary/aromatic N) is 6. The van der Waals surface area contributed by atoms with E-state index < -0.39 is 17.7 Å².